The number of hydrogen-bond donors (Lipinski definition) is 1. The summed E-state index contributed by atoms with van der Waals surface area (Å²) in [6.07, 6.45) is 0. The molecule has 1 aromatic carbocycles. The summed E-state index contributed by atoms with van der Waals surface area (Å²) in [5, 5.41) is 2.83. The molecule has 19 heavy (non-hydrogen) atoms. The molecule has 0 saturated carbocycles. The molecule has 1 saturated heterocycles. The summed E-state index contributed by atoms with van der Waals surface area (Å²) >= 11 is 11.6. The molecule has 1 fully saturated rings. The number of amides is 2. The molecule has 0 atom stereocenters. The van der Waals surface area contributed by atoms with E-state index in [1.165, 1.54) is 17.0 Å². The standard InChI is InChI=1S/C12H10Cl2N2O3/c13-8-2-1-7(3-9(8)14)10(17)4-16-5-11(18)15-12(19)6-16/h1-3H,4-6H2,(H,15,18,19). The number of rotatable bonds is 3. The lowest BCUT2D eigenvalue weighted by molar-refractivity contribution is -0.135. The Kier molecular flexibility index (Phi) is 4.19. The van der Waals surface area contributed by atoms with E-state index in [0.29, 0.717) is 15.6 Å². The van der Waals surface area contributed by atoms with Gasteiger partial charge in [-0.05, 0) is 18.2 Å². The molecule has 1 N–H and O–H groups in total. The van der Waals surface area contributed by atoms with E-state index in [2.05, 4.69) is 5.32 Å². The average molecular weight is 301 g/mol. The second-order valence-corrected chi connectivity index (χ2v) is 4.98. The second kappa shape index (κ2) is 5.69. The molecular weight excluding hydrogens is 291 g/mol. The normalized spacial score (nSPS) is 16.3. The number of hydrogen-bond acceptors (Lipinski definition) is 4. The van der Waals surface area contributed by atoms with Crippen LogP contribution in [0.3, 0.4) is 0 Å². The highest BCUT2D eigenvalue weighted by Gasteiger charge is 2.24. The van der Waals surface area contributed by atoms with Gasteiger partial charge in [0.1, 0.15) is 0 Å². The van der Waals surface area contributed by atoms with Gasteiger partial charge in [0.15, 0.2) is 5.78 Å². The highest BCUT2D eigenvalue weighted by Crippen LogP contribution is 2.22. The summed E-state index contributed by atoms with van der Waals surface area (Å²) in [6, 6.07) is 4.56. The Morgan fingerprint density at radius 1 is 1.16 bits per heavy atom. The summed E-state index contributed by atoms with van der Waals surface area (Å²) in [7, 11) is 0. The zero-order chi connectivity index (χ0) is 14.0. The molecule has 100 valence electrons. The first-order valence-electron chi connectivity index (χ1n) is 5.49. The third kappa shape index (κ3) is 3.53. The van der Waals surface area contributed by atoms with Crippen LogP contribution in [0.15, 0.2) is 18.2 Å². The Balaban J connectivity index is 2.06. The lowest BCUT2D eigenvalue weighted by Crippen LogP contribution is -2.52. The number of halogens is 2. The predicted octanol–water partition coefficient (Wildman–Crippen LogP) is 1.13. The van der Waals surface area contributed by atoms with Gasteiger partial charge in [-0.2, -0.15) is 0 Å². The average Bonchev–Trinajstić information content (AvgIpc) is 2.31. The fraction of sp³-hybridized carbons (Fsp3) is 0.250. The van der Waals surface area contributed by atoms with Crippen molar-refractivity contribution in [2.45, 2.75) is 0 Å². The van der Waals surface area contributed by atoms with E-state index in [1.807, 2.05) is 0 Å². The molecule has 0 spiro atoms. The summed E-state index contributed by atoms with van der Waals surface area (Å²) < 4.78 is 0. The number of carbonyl (C=O) groups is 3. The number of imide groups is 1. The van der Waals surface area contributed by atoms with Gasteiger partial charge in [-0.15, -0.1) is 0 Å². The molecule has 2 rings (SSSR count). The molecule has 0 bridgehead atoms. The van der Waals surface area contributed by atoms with Crippen LogP contribution >= 0.6 is 23.2 Å². The van der Waals surface area contributed by atoms with Crippen LogP contribution < -0.4 is 5.32 Å². The minimum atomic E-state index is -0.404. The van der Waals surface area contributed by atoms with Gasteiger partial charge in [-0.25, -0.2) is 0 Å². The molecule has 0 unspecified atom stereocenters. The molecule has 1 heterocycles. The van der Waals surface area contributed by atoms with Crippen LogP contribution in [-0.4, -0.2) is 42.1 Å². The minimum absolute atomic E-state index is 0.0167. The third-order valence-corrected chi connectivity index (χ3v) is 3.36. The van der Waals surface area contributed by atoms with Crippen LogP contribution in [0.2, 0.25) is 10.0 Å². The summed E-state index contributed by atoms with van der Waals surface area (Å²) in [6.45, 7) is 0.0364. The highest BCUT2D eigenvalue weighted by molar-refractivity contribution is 6.42. The summed E-state index contributed by atoms with van der Waals surface area (Å²) in [4.78, 5) is 35.8. The van der Waals surface area contributed by atoms with Crippen molar-refractivity contribution in [3.05, 3.63) is 33.8 Å². The Bertz CT molecular complexity index is 544. The summed E-state index contributed by atoms with van der Waals surface area (Å²) in [5.74, 6) is -1.03. The van der Waals surface area contributed by atoms with Crippen LogP contribution in [0, 0.1) is 0 Å². The number of piperazine rings is 1. The van der Waals surface area contributed by atoms with Gasteiger partial charge < -0.3 is 0 Å². The molecule has 0 radical (unpaired) electrons. The number of nitrogens with zero attached hydrogens (tertiary/aromatic N) is 1. The number of benzene rings is 1. The molecule has 2 amide bonds. The monoisotopic (exact) mass is 300 g/mol. The van der Waals surface area contributed by atoms with Crippen LogP contribution in [-0.2, 0) is 9.59 Å². The summed E-state index contributed by atoms with van der Waals surface area (Å²) in [5.41, 5.74) is 0.396. The van der Waals surface area contributed by atoms with Crippen LogP contribution in [0.25, 0.3) is 0 Å². The van der Waals surface area contributed by atoms with Crippen LogP contribution in [0.4, 0.5) is 0 Å². The second-order valence-electron chi connectivity index (χ2n) is 4.17. The van der Waals surface area contributed by atoms with Crippen molar-refractivity contribution in [1.29, 1.82) is 0 Å². The van der Waals surface area contributed by atoms with Gasteiger partial charge in [-0.1, -0.05) is 23.2 Å². The first-order chi connectivity index (χ1) is 8.95. The molecule has 5 nitrogen and oxygen atoms in total. The SMILES string of the molecule is O=C1CN(CC(=O)c2ccc(Cl)c(Cl)c2)CC(=O)N1. The molecular formula is C12H10Cl2N2O3. The van der Waals surface area contributed by atoms with Crippen molar-refractivity contribution in [3.63, 3.8) is 0 Å². The van der Waals surface area contributed by atoms with E-state index in [-0.39, 0.29) is 25.4 Å². The van der Waals surface area contributed by atoms with Crippen molar-refractivity contribution in [2.75, 3.05) is 19.6 Å². The van der Waals surface area contributed by atoms with E-state index in [9.17, 15) is 14.4 Å². The lowest BCUT2D eigenvalue weighted by Gasteiger charge is -2.24. The fourth-order valence-corrected chi connectivity index (χ4v) is 2.07. The van der Waals surface area contributed by atoms with E-state index in [4.69, 9.17) is 23.2 Å². The van der Waals surface area contributed by atoms with Gasteiger partial charge in [-0.3, -0.25) is 24.6 Å². The Morgan fingerprint density at radius 3 is 2.37 bits per heavy atom. The smallest absolute Gasteiger partial charge is 0.240 e. The van der Waals surface area contributed by atoms with E-state index >= 15 is 0 Å². The topological polar surface area (TPSA) is 66.5 Å². The minimum Gasteiger partial charge on any atom is -0.294 e. The molecule has 1 aliphatic heterocycles. The third-order valence-electron chi connectivity index (χ3n) is 2.62. The van der Waals surface area contributed by atoms with Gasteiger partial charge in [0.25, 0.3) is 0 Å². The zero-order valence-corrected chi connectivity index (χ0v) is 11.3. The number of Topliss-reactive ketones (excluding diaryl/α,β-unsaturated/α-hetero) is 1. The molecule has 7 heteroatoms. The Labute approximate surface area is 119 Å². The molecule has 1 aliphatic rings. The number of carbonyl (C=O) groups excluding carboxylic acids is 3. The van der Waals surface area contributed by atoms with Crippen LogP contribution in [0.5, 0.6) is 0 Å². The van der Waals surface area contributed by atoms with Gasteiger partial charge >= 0.3 is 0 Å². The lowest BCUT2D eigenvalue weighted by atomic mass is 10.1. The van der Waals surface area contributed by atoms with Gasteiger partial charge in [0.05, 0.1) is 29.7 Å². The van der Waals surface area contributed by atoms with Gasteiger partial charge in [0.2, 0.25) is 11.8 Å². The van der Waals surface area contributed by atoms with E-state index < -0.39 is 11.8 Å². The van der Waals surface area contributed by atoms with Crippen LogP contribution in [0.1, 0.15) is 10.4 Å². The maximum absolute atomic E-state index is 12.0. The van der Waals surface area contributed by atoms with Crippen molar-refractivity contribution >= 4 is 40.8 Å². The zero-order valence-electron chi connectivity index (χ0n) is 9.78. The predicted molar refractivity (Wildman–Crippen MR) is 70.4 cm³/mol. The highest BCUT2D eigenvalue weighted by atomic mass is 35.5. The number of ketones is 1. The fourth-order valence-electron chi connectivity index (χ4n) is 1.77. The molecule has 1 aromatic rings. The van der Waals surface area contributed by atoms with E-state index in [1.54, 1.807) is 6.07 Å². The van der Waals surface area contributed by atoms with Crippen molar-refractivity contribution < 1.29 is 14.4 Å². The Morgan fingerprint density at radius 2 is 1.79 bits per heavy atom. The van der Waals surface area contributed by atoms with Crippen molar-refractivity contribution in [3.8, 4) is 0 Å². The maximum atomic E-state index is 12.0. The van der Waals surface area contributed by atoms with Crippen molar-refractivity contribution in [2.24, 2.45) is 0 Å². The quantitative estimate of drug-likeness (QED) is 0.671. The maximum Gasteiger partial charge on any atom is 0.240 e. The van der Waals surface area contributed by atoms with Gasteiger partial charge in [0, 0.05) is 5.56 Å². The Hall–Kier alpha value is -1.43. The largest absolute Gasteiger partial charge is 0.294 e. The van der Waals surface area contributed by atoms with Crippen molar-refractivity contribution in [1.82, 2.24) is 10.2 Å². The first kappa shape index (κ1) is 14.0. The molecule has 0 aliphatic carbocycles. The number of nitrogens with one attached hydrogen (secondary N) is 1. The van der Waals surface area contributed by atoms with E-state index in [0.717, 1.165) is 0 Å². The molecule has 0 aromatic heterocycles. The first-order valence-corrected chi connectivity index (χ1v) is 6.24.